The maximum atomic E-state index is 9.20. The number of ether oxygens (including phenoxy) is 2. The summed E-state index contributed by atoms with van der Waals surface area (Å²) in [4.78, 5) is 0. The van der Waals surface area contributed by atoms with Crippen molar-refractivity contribution < 1.29 is 14.6 Å². The Balaban J connectivity index is 1.30. The summed E-state index contributed by atoms with van der Waals surface area (Å²) in [6, 6.07) is 8.66. The highest BCUT2D eigenvalue weighted by Gasteiger charge is 2.62. The fraction of sp³-hybridized carbons (Fsp3) is 0.714. The smallest absolute Gasteiger partial charge is 0.119 e. The number of hydrogen-bond donors (Lipinski definition) is 1. The molecule has 132 valence electrons. The van der Waals surface area contributed by atoms with Gasteiger partial charge in [0.05, 0.1) is 18.8 Å². The van der Waals surface area contributed by atoms with Crippen LogP contribution in [0.5, 0.6) is 5.75 Å². The van der Waals surface area contributed by atoms with Gasteiger partial charge < -0.3 is 14.6 Å². The Morgan fingerprint density at radius 2 is 2.00 bits per heavy atom. The van der Waals surface area contributed by atoms with Crippen LogP contribution in [0.1, 0.15) is 45.1 Å². The number of aliphatic hydroxyl groups is 1. The van der Waals surface area contributed by atoms with Crippen LogP contribution in [0.4, 0.5) is 0 Å². The third kappa shape index (κ3) is 3.09. The van der Waals surface area contributed by atoms with Gasteiger partial charge in [-0.05, 0) is 67.6 Å². The highest BCUT2D eigenvalue weighted by Crippen LogP contribution is 2.59. The molecule has 1 N–H and O–H groups in total. The first-order chi connectivity index (χ1) is 11.6. The number of benzene rings is 1. The van der Waals surface area contributed by atoms with Gasteiger partial charge in [0, 0.05) is 12.0 Å². The van der Waals surface area contributed by atoms with Crippen molar-refractivity contribution in [3.63, 3.8) is 0 Å². The molecule has 0 amide bonds. The lowest BCUT2D eigenvalue weighted by Crippen LogP contribution is -2.25. The van der Waals surface area contributed by atoms with Crippen LogP contribution in [-0.2, 0) is 11.2 Å². The Hall–Kier alpha value is -1.06. The van der Waals surface area contributed by atoms with Gasteiger partial charge in [-0.3, -0.25) is 0 Å². The zero-order chi connectivity index (χ0) is 16.7. The molecule has 3 aliphatic rings. The fourth-order valence-corrected chi connectivity index (χ4v) is 4.87. The molecule has 4 rings (SSSR count). The summed E-state index contributed by atoms with van der Waals surface area (Å²) in [6.45, 7) is 5.23. The van der Waals surface area contributed by atoms with Gasteiger partial charge in [-0.1, -0.05) is 26.0 Å². The molecular formula is C21H30O3. The van der Waals surface area contributed by atoms with E-state index in [4.69, 9.17) is 9.47 Å². The average Bonchev–Trinajstić information content (AvgIpc) is 3.21. The SMILES string of the molecule is CCC(C)(CCO)COc1ccc(CC2CC3CC2C2OC32)cc1. The summed E-state index contributed by atoms with van der Waals surface area (Å²) in [6.07, 6.45) is 6.99. The molecule has 3 nitrogen and oxygen atoms in total. The molecule has 2 saturated carbocycles. The third-order valence-electron chi connectivity index (χ3n) is 6.81. The monoisotopic (exact) mass is 330 g/mol. The zero-order valence-electron chi connectivity index (χ0n) is 14.9. The van der Waals surface area contributed by atoms with Gasteiger partial charge in [0.25, 0.3) is 0 Å². The van der Waals surface area contributed by atoms with Crippen molar-refractivity contribution in [3.8, 4) is 5.75 Å². The summed E-state index contributed by atoms with van der Waals surface area (Å²) in [5.74, 6) is 3.43. The van der Waals surface area contributed by atoms with E-state index in [1.54, 1.807) is 0 Å². The molecule has 1 saturated heterocycles. The number of aliphatic hydroxyl groups excluding tert-OH is 1. The molecule has 1 aliphatic heterocycles. The molecule has 6 unspecified atom stereocenters. The van der Waals surface area contributed by atoms with Crippen molar-refractivity contribution in [2.24, 2.45) is 23.2 Å². The fourth-order valence-electron chi connectivity index (χ4n) is 4.87. The Labute approximate surface area is 145 Å². The highest BCUT2D eigenvalue weighted by atomic mass is 16.6. The van der Waals surface area contributed by atoms with Crippen molar-refractivity contribution in [1.82, 2.24) is 0 Å². The molecule has 2 aliphatic carbocycles. The van der Waals surface area contributed by atoms with E-state index in [2.05, 4.69) is 38.1 Å². The number of epoxide rings is 1. The lowest BCUT2D eigenvalue weighted by Gasteiger charge is -2.27. The first kappa shape index (κ1) is 16.4. The summed E-state index contributed by atoms with van der Waals surface area (Å²) in [5.41, 5.74) is 1.47. The van der Waals surface area contributed by atoms with E-state index in [-0.39, 0.29) is 12.0 Å². The van der Waals surface area contributed by atoms with Crippen LogP contribution in [0.15, 0.2) is 24.3 Å². The Kier molecular flexibility index (Phi) is 4.34. The maximum absolute atomic E-state index is 9.20. The molecule has 0 radical (unpaired) electrons. The average molecular weight is 330 g/mol. The topological polar surface area (TPSA) is 42.0 Å². The second-order valence-electron chi connectivity index (χ2n) is 8.50. The molecule has 1 heterocycles. The molecule has 0 spiro atoms. The minimum absolute atomic E-state index is 0.0529. The van der Waals surface area contributed by atoms with E-state index >= 15 is 0 Å². The van der Waals surface area contributed by atoms with Gasteiger partial charge in [-0.2, -0.15) is 0 Å². The first-order valence-corrected chi connectivity index (χ1v) is 9.60. The molecule has 6 atom stereocenters. The van der Waals surface area contributed by atoms with Crippen LogP contribution in [0.3, 0.4) is 0 Å². The number of hydrogen-bond acceptors (Lipinski definition) is 3. The van der Waals surface area contributed by atoms with Crippen molar-refractivity contribution in [2.45, 2.75) is 58.2 Å². The van der Waals surface area contributed by atoms with Crippen LogP contribution in [0, 0.1) is 23.2 Å². The van der Waals surface area contributed by atoms with E-state index < -0.39 is 0 Å². The van der Waals surface area contributed by atoms with Gasteiger partial charge >= 0.3 is 0 Å². The molecular weight excluding hydrogens is 300 g/mol. The maximum Gasteiger partial charge on any atom is 0.119 e. The van der Waals surface area contributed by atoms with Gasteiger partial charge in [0.1, 0.15) is 5.75 Å². The number of rotatable bonds is 8. The van der Waals surface area contributed by atoms with Crippen molar-refractivity contribution in [2.75, 3.05) is 13.2 Å². The minimum Gasteiger partial charge on any atom is -0.493 e. The summed E-state index contributed by atoms with van der Waals surface area (Å²) >= 11 is 0. The van der Waals surface area contributed by atoms with Gasteiger partial charge in [-0.25, -0.2) is 0 Å². The molecule has 1 aromatic carbocycles. The van der Waals surface area contributed by atoms with E-state index in [9.17, 15) is 5.11 Å². The summed E-state index contributed by atoms with van der Waals surface area (Å²) in [5, 5.41) is 9.20. The second-order valence-corrected chi connectivity index (χ2v) is 8.50. The third-order valence-corrected chi connectivity index (χ3v) is 6.81. The summed E-state index contributed by atoms with van der Waals surface area (Å²) < 4.78 is 11.8. The lowest BCUT2D eigenvalue weighted by molar-refractivity contribution is 0.117. The molecule has 3 heteroatoms. The minimum atomic E-state index is 0.0529. The Morgan fingerprint density at radius 3 is 2.62 bits per heavy atom. The lowest BCUT2D eigenvalue weighted by atomic mass is 9.84. The predicted molar refractivity (Wildman–Crippen MR) is 94.1 cm³/mol. The summed E-state index contributed by atoms with van der Waals surface area (Å²) in [7, 11) is 0. The molecule has 0 aromatic heterocycles. The first-order valence-electron chi connectivity index (χ1n) is 9.60. The quantitative estimate of drug-likeness (QED) is 0.737. The molecule has 24 heavy (non-hydrogen) atoms. The Morgan fingerprint density at radius 1 is 1.21 bits per heavy atom. The second kappa shape index (κ2) is 6.34. The van der Waals surface area contributed by atoms with Crippen LogP contribution in [0.2, 0.25) is 0 Å². The van der Waals surface area contributed by atoms with Crippen LogP contribution in [0.25, 0.3) is 0 Å². The van der Waals surface area contributed by atoms with Crippen LogP contribution >= 0.6 is 0 Å². The van der Waals surface area contributed by atoms with Crippen LogP contribution in [-0.4, -0.2) is 30.5 Å². The largest absolute Gasteiger partial charge is 0.493 e. The van der Waals surface area contributed by atoms with E-state index in [0.29, 0.717) is 18.8 Å². The standard InChI is InChI=1S/C21H30O3/c1-3-21(2,8-9-22)13-23-17-6-4-14(5-7-17)10-15-11-16-12-18(15)20-19(16)24-20/h4-7,15-16,18-20,22H,3,8-13H2,1-2H3. The molecule has 1 aromatic rings. The normalized spacial score (nSPS) is 35.5. The molecule has 3 fully saturated rings. The van der Waals surface area contributed by atoms with E-state index in [1.807, 2.05) is 0 Å². The van der Waals surface area contributed by atoms with Crippen molar-refractivity contribution in [3.05, 3.63) is 29.8 Å². The van der Waals surface area contributed by atoms with Gasteiger partial charge in [-0.15, -0.1) is 0 Å². The van der Waals surface area contributed by atoms with Crippen molar-refractivity contribution >= 4 is 0 Å². The van der Waals surface area contributed by atoms with E-state index in [1.165, 1.54) is 24.8 Å². The highest BCUT2D eigenvalue weighted by molar-refractivity contribution is 5.28. The van der Waals surface area contributed by atoms with Gasteiger partial charge in [0.2, 0.25) is 0 Å². The van der Waals surface area contributed by atoms with Crippen molar-refractivity contribution in [1.29, 1.82) is 0 Å². The predicted octanol–water partition coefficient (Wildman–Crippen LogP) is 3.83. The van der Waals surface area contributed by atoms with E-state index in [0.717, 1.165) is 36.3 Å². The number of fused-ring (bicyclic) bond motifs is 5. The van der Waals surface area contributed by atoms with Gasteiger partial charge in [0.15, 0.2) is 0 Å². The molecule has 2 bridgehead atoms. The van der Waals surface area contributed by atoms with Crippen LogP contribution < -0.4 is 4.74 Å². The zero-order valence-corrected chi connectivity index (χ0v) is 14.9. The Bertz CT molecular complexity index is 569.